The van der Waals surface area contributed by atoms with E-state index in [1.807, 2.05) is 50.2 Å². The molecule has 4 rings (SSSR count). The molecule has 2 aromatic carbocycles. The predicted molar refractivity (Wildman–Crippen MR) is 117 cm³/mol. The van der Waals surface area contributed by atoms with E-state index in [1.54, 1.807) is 25.1 Å². The van der Waals surface area contributed by atoms with Gasteiger partial charge in [0.25, 0.3) is 10.0 Å². The Kier molecular flexibility index (Phi) is 4.95. The SMILES string of the molecule is COc1cc(C)c(C)cc1S(=O)(=O)Nc1cc(C)nn1-c1ccc2ccccc2n1. The monoisotopic (exact) mass is 422 g/mol. The van der Waals surface area contributed by atoms with Crippen molar-refractivity contribution in [3.63, 3.8) is 0 Å². The zero-order valence-electron chi connectivity index (χ0n) is 17.2. The largest absolute Gasteiger partial charge is 0.495 e. The standard InChI is InChI=1S/C22H22N4O3S/c1-14-11-19(29-4)20(12-15(14)2)30(27,28)25-22-13-16(3)24-26(22)21-10-9-17-7-5-6-8-18(17)23-21/h5-13,25H,1-4H3. The highest BCUT2D eigenvalue weighted by atomic mass is 32.2. The molecular weight excluding hydrogens is 400 g/mol. The number of nitrogens with one attached hydrogen (secondary N) is 1. The number of pyridine rings is 1. The van der Waals surface area contributed by atoms with Gasteiger partial charge in [-0.25, -0.2) is 13.4 Å². The van der Waals surface area contributed by atoms with Crippen LogP contribution in [-0.2, 0) is 10.0 Å². The molecule has 0 radical (unpaired) electrons. The Morgan fingerprint density at radius 3 is 2.47 bits per heavy atom. The number of aromatic nitrogens is 3. The molecule has 0 spiro atoms. The van der Waals surface area contributed by atoms with Gasteiger partial charge in [-0.05, 0) is 62.2 Å². The minimum absolute atomic E-state index is 0.0740. The summed E-state index contributed by atoms with van der Waals surface area (Å²) >= 11 is 0. The summed E-state index contributed by atoms with van der Waals surface area (Å²) in [6.45, 7) is 5.57. The number of ether oxygens (including phenoxy) is 1. The zero-order chi connectivity index (χ0) is 21.5. The van der Waals surface area contributed by atoms with Gasteiger partial charge in [0.2, 0.25) is 0 Å². The minimum atomic E-state index is -3.92. The van der Waals surface area contributed by atoms with Crippen LogP contribution >= 0.6 is 0 Å². The van der Waals surface area contributed by atoms with Gasteiger partial charge >= 0.3 is 0 Å². The molecule has 7 nitrogen and oxygen atoms in total. The van der Waals surface area contributed by atoms with Crippen molar-refractivity contribution in [3.8, 4) is 11.6 Å². The normalized spacial score (nSPS) is 11.6. The molecule has 8 heteroatoms. The van der Waals surface area contributed by atoms with Crippen LogP contribution in [0.25, 0.3) is 16.7 Å². The summed E-state index contributed by atoms with van der Waals surface area (Å²) in [7, 11) is -2.46. The third kappa shape index (κ3) is 3.61. The van der Waals surface area contributed by atoms with Crippen LogP contribution in [0, 0.1) is 20.8 Å². The lowest BCUT2D eigenvalue weighted by Crippen LogP contribution is -2.17. The number of rotatable bonds is 5. The minimum Gasteiger partial charge on any atom is -0.495 e. The predicted octanol–water partition coefficient (Wildman–Crippen LogP) is 4.16. The van der Waals surface area contributed by atoms with Crippen molar-refractivity contribution in [1.29, 1.82) is 0 Å². The number of aryl methyl sites for hydroxylation is 3. The topological polar surface area (TPSA) is 86.1 Å². The molecule has 0 saturated carbocycles. The van der Waals surface area contributed by atoms with Crippen molar-refractivity contribution in [3.05, 3.63) is 71.4 Å². The molecule has 0 aliphatic carbocycles. The number of benzene rings is 2. The summed E-state index contributed by atoms with van der Waals surface area (Å²) in [6.07, 6.45) is 0. The Bertz CT molecular complexity index is 1360. The summed E-state index contributed by atoms with van der Waals surface area (Å²) in [6, 6.07) is 16.5. The Balaban J connectivity index is 1.78. The number of fused-ring (bicyclic) bond motifs is 1. The Labute approximate surface area is 175 Å². The highest BCUT2D eigenvalue weighted by molar-refractivity contribution is 7.92. The molecule has 30 heavy (non-hydrogen) atoms. The van der Waals surface area contributed by atoms with Gasteiger partial charge in [0.1, 0.15) is 16.5 Å². The van der Waals surface area contributed by atoms with Crippen LogP contribution in [0.3, 0.4) is 0 Å². The van der Waals surface area contributed by atoms with Gasteiger partial charge in [-0.15, -0.1) is 0 Å². The van der Waals surface area contributed by atoms with E-state index in [0.29, 0.717) is 17.3 Å². The number of hydrogen-bond acceptors (Lipinski definition) is 5. The molecular formula is C22H22N4O3S. The maximum Gasteiger partial charge on any atom is 0.266 e. The quantitative estimate of drug-likeness (QED) is 0.522. The molecule has 0 unspecified atom stereocenters. The third-order valence-electron chi connectivity index (χ3n) is 4.94. The summed E-state index contributed by atoms with van der Waals surface area (Å²) in [4.78, 5) is 4.70. The van der Waals surface area contributed by atoms with Crippen LogP contribution in [0.4, 0.5) is 5.82 Å². The number of hydrogen-bond donors (Lipinski definition) is 1. The fourth-order valence-corrected chi connectivity index (χ4v) is 4.52. The van der Waals surface area contributed by atoms with Gasteiger partial charge in [-0.2, -0.15) is 9.78 Å². The van der Waals surface area contributed by atoms with E-state index in [0.717, 1.165) is 22.0 Å². The Hall–Kier alpha value is -3.39. The van der Waals surface area contributed by atoms with E-state index in [9.17, 15) is 8.42 Å². The molecule has 4 aromatic rings. The van der Waals surface area contributed by atoms with Gasteiger partial charge in [-0.1, -0.05) is 18.2 Å². The van der Waals surface area contributed by atoms with Crippen molar-refractivity contribution in [2.75, 3.05) is 11.8 Å². The first-order valence-electron chi connectivity index (χ1n) is 9.39. The molecule has 0 aliphatic rings. The Morgan fingerprint density at radius 1 is 0.967 bits per heavy atom. The molecule has 1 N–H and O–H groups in total. The van der Waals surface area contributed by atoms with E-state index in [-0.39, 0.29) is 10.6 Å². The van der Waals surface area contributed by atoms with E-state index >= 15 is 0 Å². The van der Waals surface area contributed by atoms with Crippen LogP contribution < -0.4 is 9.46 Å². The number of anilines is 1. The molecule has 2 heterocycles. The summed E-state index contributed by atoms with van der Waals surface area (Å²) < 4.78 is 35.9. The van der Waals surface area contributed by atoms with Crippen molar-refractivity contribution in [2.24, 2.45) is 0 Å². The molecule has 0 bridgehead atoms. The third-order valence-corrected chi connectivity index (χ3v) is 6.32. The van der Waals surface area contributed by atoms with Crippen molar-refractivity contribution < 1.29 is 13.2 Å². The first-order chi connectivity index (χ1) is 14.3. The second-order valence-electron chi connectivity index (χ2n) is 7.14. The van der Waals surface area contributed by atoms with Gasteiger partial charge in [0, 0.05) is 11.5 Å². The molecule has 0 saturated heterocycles. The van der Waals surface area contributed by atoms with E-state index in [4.69, 9.17) is 4.74 Å². The van der Waals surface area contributed by atoms with E-state index in [1.165, 1.54) is 11.8 Å². The Morgan fingerprint density at radius 2 is 1.70 bits per heavy atom. The van der Waals surface area contributed by atoms with Crippen LogP contribution in [-0.4, -0.2) is 30.3 Å². The highest BCUT2D eigenvalue weighted by Gasteiger charge is 2.23. The highest BCUT2D eigenvalue weighted by Crippen LogP contribution is 2.29. The van der Waals surface area contributed by atoms with Crippen molar-refractivity contribution in [1.82, 2.24) is 14.8 Å². The lowest BCUT2D eigenvalue weighted by Gasteiger charge is -2.14. The smallest absolute Gasteiger partial charge is 0.266 e. The molecule has 2 aromatic heterocycles. The van der Waals surface area contributed by atoms with Gasteiger partial charge in [-0.3, -0.25) is 4.72 Å². The average Bonchev–Trinajstić information content (AvgIpc) is 3.08. The molecule has 0 amide bonds. The molecule has 0 fully saturated rings. The molecule has 0 atom stereocenters. The van der Waals surface area contributed by atoms with Gasteiger partial charge < -0.3 is 4.74 Å². The fraction of sp³-hybridized carbons (Fsp3) is 0.182. The second-order valence-corrected chi connectivity index (χ2v) is 8.79. The molecule has 154 valence electrons. The number of para-hydroxylation sites is 1. The van der Waals surface area contributed by atoms with Crippen LogP contribution in [0.15, 0.2) is 59.5 Å². The number of sulfonamides is 1. The van der Waals surface area contributed by atoms with E-state index < -0.39 is 10.0 Å². The number of nitrogens with zero attached hydrogens (tertiary/aromatic N) is 3. The summed E-state index contributed by atoms with van der Waals surface area (Å²) in [5.41, 5.74) is 3.27. The van der Waals surface area contributed by atoms with E-state index in [2.05, 4.69) is 14.8 Å². The van der Waals surface area contributed by atoms with Crippen molar-refractivity contribution in [2.45, 2.75) is 25.7 Å². The number of methoxy groups -OCH3 is 1. The first kappa shape index (κ1) is 19.9. The average molecular weight is 423 g/mol. The van der Waals surface area contributed by atoms with Crippen LogP contribution in [0.1, 0.15) is 16.8 Å². The van der Waals surface area contributed by atoms with Crippen LogP contribution in [0.2, 0.25) is 0 Å². The lowest BCUT2D eigenvalue weighted by molar-refractivity contribution is 0.402. The maximum atomic E-state index is 13.2. The first-order valence-corrected chi connectivity index (χ1v) is 10.9. The van der Waals surface area contributed by atoms with Gasteiger partial charge in [0.05, 0.1) is 18.3 Å². The fourth-order valence-electron chi connectivity index (χ4n) is 3.25. The lowest BCUT2D eigenvalue weighted by atomic mass is 10.1. The van der Waals surface area contributed by atoms with Crippen molar-refractivity contribution >= 4 is 26.7 Å². The second kappa shape index (κ2) is 7.46. The summed E-state index contributed by atoms with van der Waals surface area (Å²) in [5.74, 6) is 1.11. The zero-order valence-corrected chi connectivity index (χ0v) is 18.0. The van der Waals surface area contributed by atoms with Crippen LogP contribution in [0.5, 0.6) is 5.75 Å². The maximum absolute atomic E-state index is 13.2. The summed E-state index contributed by atoms with van der Waals surface area (Å²) in [5, 5.41) is 5.43. The van der Waals surface area contributed by atoms with Gasteiger partial charge in [0.15, 0.2) is 5.82 Å². The molecule has 0 aliphatic heterocycles.